The van der Waals surface area contributed by atoms with Crippen molar-refractivity contribution in [2.24, 2.45) is 5.92 Å². The summed E-state index contributed by atoms with van der Waals surface area (Å²) < 4.78 is 33.4. The van der Waals surface area contributed by atoms with Crippen LogP contribution in [0.3, 0.4) is 0 Å². The minimum Gasteiger partial charge on any atom is -0.444 e. The first-order valence-electron chi connectivity index (χ1n) is 7.54. The third-order valence-electron chi connectivity index (χ3n) is 3.84. The molecule has 0 aromatic carbocycles. The fourth-order valence-electron chi connectivity index (χ4n) is 2.47. The summed E-state index contributed by atoms with van der Waals surface area (Å²) in [6.07, 6.45) is 0.324. The molecule has 1 fully saturated rings. The molecule has 0 aromatic heterocycles. The Labute approximate surface area is 134 Å². The average Bonchev–Trinajstić information content (AvgIpc) is 2.31. The summed E-state index contributed by atoms with van der Waals surface area (Å²) in [5, 5.41) is 0. The van der Waals surface area contributed by atoms with Crippen LogP contribution in [-0.2, 0) is 14.9 Å². The van der Waals surface area contributed by atoms with Crippen molar-refractivity contribution in [1.29, 1.82) is 0 Å². The summed E-state index contributed by atoms with van der Waals surface area (Å²) in [6.45, 7) is 9.85. The van der Waals surface area contributed by atoms with E-state index in [1.165, 1.54) is 14.1 Å². The third-order valence-corrected chi connectivity index (χ3v) is 5.37. The average molecular weight is 335 g/mol. The summed E-state index contributed by atoms with van der Waals surface area (Å²) in [4.78, 5) is 13.9. The number of rotatable bonds is 3. The van der Waals surface area contributed by atoms with Crippen molar-refractivity contribution in [2.75, 3.05) is 20.6 Å². The minimum absolute atomic E-state index is 0.142. The number of piperidine rings is 1. The Morgan fingerprint density at radius 2 is 1.82 bits per heavy atom. The highest BCUT2D eigenvalue weighted by Crippen LogP contribution is 2.25. The van der Waals surface area contributed by atoms with Gasteiger partial charge in [0.05, 0.1) is 0 Å². The van der Waals surface area contributed by atoms with Crippen molar-refractivity contribution in [3.63, 3.8) is 0 Å². The van der Waals surface area contributed by atoms with Gasteiger partial charge in [-0.05, 0) is 40.0 Å². The van der Waals surface area contributed by atoms with Crippen LogP contribution in [0.1, 0.15) is 41.0 Å². The largest absolute Gasteiger partial charge is 0.444 e. The summed E-state index contributed by atoms with van der Waals surface area (Å²) in [5.74, 6) is 0.142. The van der Waals surface area contributed by atoms with Crippen LogP contribution in [0.25, 0.3) is 0 Å². The van der Waals surface area contributed by atoms with E-state index in [-0.39, 0.29) is 18.0 Å². The number of nitrogens with zero attached hydrogens (tertiary/aromatic N) is 2. The van der Waals surface area contributed by atoms with E-state index in [1.807, 2.05) is 34.6 Å². The molecule has 22 heavy (non-hydrogen) atoms. The molecule has 8 heteroatoms. The van der Waals surface area contributed by atoms with Crippen LogP contribution in [0.2, 0.25) is 0 Å². The van der Waals surface area contributed by atoms with Crippen molar-refractivity contribution < 1.29 is 17.9 Å². The van der Waals surface area contributed by atoms with Crippen LogP contribution in [0, 0.1) is 5.92 Å². The molecule has 0 radical (unpaired) electrons. The summed E-state index contributed by atoms with van der Waals surface area (Å²) in [6, 6.07) is -0.609. The van der Waals surface area contributed by atoms with E-state index in [4.69, 9.17) is 4.74 Å². The normalized spacial score (nSPS) is 27.1. The molecule has 1 aliphatic heterocycles. The number of hydrogen-bond acceptors (Lipinski definition) is 4. The van der Waals surface area contributed by atoms with Crippen molar-refractivity contribution in [2.45, 2.75) is 58.7 Å². The zero-order valence-electron chi connectivity index (χ0n) is 14.6. The van der Waals surface area contributed by atoms with Crippen molar-refractivity contribution in [1.82, 2.24) is 13.9 Å². The third kappa shape index (κ3) is 4.82. The first-order valence-corrected chi connectivity index (χ1v) is 8.98. The second kappa shape index (κ2) is 6.72. The van der Waals surface area contributed by atoms with Crippen LogP contribution >= 0.6 is 0 Å². The Balaban J connectivity index is 2.89. The molecule has 130 valence electrons. The molecule has 3 atom stereocenters. The van der Waals surface area contributed by atoms with Crippen LogP contribution in [0.15, 0.2) is 0 Å². The Bertz CT molecular complexity index is 499. The van der Waals surface area contributed by atoms with Gasteiger partial charge in [-0.1, -0.05) is 6.92 Å². The lowest BCUT2D eigenvalue weighted by Gasteiger charge is -2.43. The predicted octanol–water partition coefficient (Wildman–Crippen LogP) is 1.42. The van der Waals surface area contributed by atoms with Gasteiger partial charge < -0.3 is 9.64 Å². The van der Waals surface area contributed by atoms with Gasteiger partial charge in [0.25, 0.3) is 10.2 Å². The smallest absolute Gasteiger partial charge is 0.410 e. The van der Waals surface area contributed by atoms with E-state index in [1.54, 1.807) is 4.90 Å². The first-order chi connectivity index (χ1) is 9.85. The molecule has 1 heterocycles. The molecule has 0 aliphatic carbocycles. The van der Waals surface area contributed by atoms with Gasteiger partial charge in [-0.3, -0.25) is 0 Å². The zero-order chi connectivity index (χ0) is 17.3. The van der Waals surface area contributed by atoms with E-state index in [0.717, 1.165) is 10.7 Å². The van der Waals surface area contributed by atoms with Gasteiger partial charge in [0.1, 0.15) is 5.60 Å². The number of ether oxygens (including phenoxy) is 1. The van der Waals surface area contributed by atoms with E-state index in [9.17, 15) is 13.2 Å². The van der Waals surface area contributed by atoms with Crippen molar-refractivity contribution in [3.05, 3.63) is 0 Å². The number of carbonyl (C=O) groups excluding carboxylic acids is 1. The van der Waals surface area contributed by atoms with Gasteiger partial charge in [0, 0.05) is 32.7 Å². The molecule has 0 saturated carbocycles. The standard InChI is InChI=1S/C14H29N3O4S/c1-10-8-9-17(13(18)21-14(3,4)5)11(2)12(10)15-22(19,20)16(6)7/h10-12,15H,8-9H2,1-7H3. The molecule has 0 bridgehead atoms. The lowest BCUT2D eigenvalue weighted by molar-refractivity contribution is 0.00266. The number of amides is 1. The monoisotopic (exact) mass is 335 g/mol. The minimum atomic E-state index is -3.54. The van der Waals surface area contributed by atoms with Crippen LogP contribution in [-0.4, -0.2) is 62.0 Å². The molecule has 7 nitrogen and oxygen atoms in total. The Morgan fingerprint density at radius 1 is 1.27 bits per heavy atom. The van der Waals surface area contributed by atoms with Gasteiger partial charge >= 0.3 is 6.09 Å². The highest BCUT2D eigenvalue weighted by atomic mass is 32.2. The van der Waals surface area contributed by atoms with Gasteiger partial charge in [0.2, 0.25) is 0 Å². The number of carbonyl (C=O) groups is 1. The second-order valence-electron chi connectivity index (χ2n) is 7.11. The molecule has 1 amide bonds. The second-order valence-corrected chi connectivity index (χ2v) is 9.03. The first kappa shape index (κ1) is 19.2. The summed E-state index contributed by atoms with van der Waals surface area (Å²) in [5.41, 5.74) is -0.571. The Morgan fingerprint density at radius 3 is 2.27 bits per heavy atom. The molecule has 1 rings (SSSR count). The predicted molar refractivity (Wildman–Crippen MR) is 85.7 cm³/mol. The molecule has 1 N–H and O–H groups in total. The highest BCUT2D eigenvalue weighted by molar-refractivity contribution is 7.87. The Hall–Kier alpha value is -0.860. The maximum absolute atomic E-state index is 12.3. The molecular weight excluding hydrogens is 306 g/mol. The lowest BCUT2D eigenvalue weighted by atomic mass is 9.88. The quantitative estimate of drug-likeness (QED) is 0.846. The van der Waals surface area contributed by atoms with Crippen molar-refractivity contribution >= 4 is 16.3 Å². The summed E-state index contributed by atoms with van der Waals surface area (Å²) >= 11 is 0. The summed E-state index contributed by atoms with van der Waals surface area (Å²) in [7, 11) is -0.587. The van der Waals surface area contributed by atoms with Crippen LogP contribution < -0.4 is 4.72 Å². The molecule has 3 unspecified atom stereocenters. The maximum atomic E-state index is 12.3. The van der Waals surface area contributed by atoms with Crippen molar-refractivity contribution in [3.8, 4) is 0 Å². The van der Waals surface area contributed by atoms with E-state index < -0.39 is 21.9 Å². The van der Waals surface area contributed by atoms with Gasteiger partial charge in [-0.2, -0.15) is 17.4 Å². The van der Waals surface area contributed by atoms with E-state index >= 15 is 0 Å². The van der Waals surface area contributed by atoms with Gasteiger partial charge in [0.15, 0.2) is 0 Å². The highest BCUT2D eigenvalue weighted by Gasteiger charge is 2.39. The van der Waals surface area contributed by atoms with E-state index in [2.05, 4.69) is 4.72 Å². The van der Waals surface area contributed by atoms with Gasteiger partial charge in [-0.25, -0.2) is 4.79 Å². The zero-order valence-corrected chi connectivity index (χ0v) is 15.4. The van der Waals surface area contributed by atoms with Gasteiger partial charge in [-0.15, -0.1) is 0 Å². The fraction of sp³-hybridized carbons (Fsp3) is 0.929. The molecule has 1 aliphatic rings. The van der Waals surface area contributed by atoms with Crippen LogP contribution in [0.4, 0.5) is 4.79 Å². The molecule has 1 saturated heterocycles. The molecular formula is C14H29N3O4S. The van der Waals surface area contributed by atoms with E-state index in [0.29, 0.717) is 6.54 Å². The lowest BCUT2D eigenvalue weighted by Crippen LogP contribution is -2.60. The fourth-order valence-corrected chi connectivity index (χ4v) is 3.45. The Kier molecular flexibility index (Phi) is 5.86. The maximum Gasteiger partial charge on any atom is 0.410 e. The molecule has 0 spiro atoms. The molecule has 0 aromatic rings. The number of nitrogens with one attached hydrogen (secondary N) is 1. The number of hydrogen-bond donors (Lipinski definition) is 1. The number of likely N-dealkylation sites (tertiary alicyclic amines) is 1. The topological polar surface area (TPSA) is 79.0 Å². The van der Waals surface area contributed by atoms with Crippen LogP contribution in [0.5, 0.6) is 0 Å². The SMILES string of the molecule is CC1CCN(C(=O)OC(C)(C)C)C(C)C1NS(=O)(=O)N(C)C.